The van der Waals surface area contributed by atoms with Gasteiger partial charge < -0.3 is 10.1 Å². The van der Waals surface area contributed by atoms with Crippen LogP contribution in [0.15, 0.2) is 29.4 Å². The number of nitrogens with one attached hydrogen (secondary N) is 2. The number of ether oxygens (including phenoxy) is 1. The summed E-state index contributed by atoms with van der Waals surface area (Å²) in [5, 5.41) is 10.1. The highest BCUT2D eigenvalue weighted by atomic mass is 32.2. The first kappa shape index (κ1) is 19.0. The summed E-state index contributed by atoms with van der Waals surface area (Å²) in [5.74, 6) is 0.274. The zero-order chi connectivity index (χ0) is 18.2. The van der Waals surface area contributed by atoms with E-state index in [1.54, 1.807) is 31.2 Å². The summed E-state index contributed by atoms with van der Waals surface area (Å²) in [6.07, 6.45) is 3.00. The number of anilines is 1. The zero-order valence-electron chi connectivity index (χ0n) is 14.5. The molecule has 0 saturated heterocycles. The number of methoxy groups -OCH3 is 1. The minimum atomic E-state index is -0.412. The van der Waals surface area contributed by atoms with E-state index >= 15 is 0 Å². The fraction of sp³-hybridized carbons (Fsp3) is 0.412. The van der Waals surface area contributed by atoms with E-state index in [1.807, 2.05) is 0 Å². The molecule has 1 amide bonds. The maximum atomic E-state index is 12.3. The van der Waals surface area contributed by atoms with E-state index in [-0.39, 0.29) is 11.2 Å². The van der Waals surface area contributed by atoms with Gasteiger partial charge in [-0.3, -0.25) is 9.89 Å². The predicted molar refractivity (Wildman–Crippen MR) is 96.7 cm³/mol. The fourth-order valence-electron chi connectivity index (χ4n) is 2.05. The second kappa shape index (κ2) is 9.22. The first-order chi connectivity index (χ1) is 12.0. The van der Waals surface area contributed by atoms with Gasteiger partial charge in [0.25, 0.3) is 0 Å². The van der Waals surface area contributed by atoms with Gasteiger partial charge in [0, 0.05) is 12.1 Å². The monoisotopic (exact) mass is 362 g/mol. The molecule has 0 unspecified atom stereocenters. The van der Waals surface area contributed by atoms with Gasteiger partial charge >= 0.3 is 5.97 Å². The Hall–Kier alpha value is -2.35. The van der Waals surface area contributed by atoms with Crippen LogP contribution in [0.1, 0.15) is 42.9 Å². The minimum Gasteiger partial charge on any atom is -0.465 e. The number of thioether (sulfide) groups is 1. The van der Waals surface area contributed by atoms with Gasteiger partial charge in [0.15, 0.2) is 0 Å². The van der Waals surface area contributed by atoms with Crippen molar-refractivity contribution in [3.05, 3.63) is 35.7 Å². The molecule has 1 atom stereocenters. The highest BCUT2D eigenvalue weighted by Crippen LogP contribution is 2.21. The third-order valence-corrected chi connectivity index (χ3v) is 4.46. The normalized spacial score (nSPS) is 11.8. The first-order valence-electron chi connectivity index (χ1n) is 8.10. The van der Waals surface area contributed by atoms with Crippen LogP contribution in [0.3, 0.4) is 0 Å². The molecule has 0 aliphatic carbocycles. The predicted octanol–water partition coefficient (Wildman–Crippen LogP) is 3.05. The first-order valence-corrected chi connectivity index (χ1v) is 8.98. The van der Waals surface area contributed by atoms with Crippen LogP contribution in [-0.2, 0) is 16.0 Å². The number of unbranched alkanes of at least 4 members (excludes halogenated alkanes) is 1. The largest absolute Gasteiger partial charge is 0.465 e. The summed E-state index contributed by atoms with van der Waals surface area (Å²) in [4.78, 5) is 28.1. The number of aromatic nitrogens is 3. The van der Waals surface area contributed by atoms with E-state index in [0.29, 0.717) is 16.4 Å². The highest BCUT2D eigenvalue weighted by Gasteiger charge is 2.17. The van der Waals surface area contributed by atoms with Gasteiger partial charge in [-0.2, -0.15) is 0 Å². The second-order valence-corrected chi connectivity index (χ2v) is 6.79. The van der Waals surface area contributed by atoms with Gasteiger partial charge in [-0.1, -0.05) is 25.1 Å². The molecule has 25 heavy (non-hydrogen) atoms. The van der Waals surface area contributed by atoms with Crippen LogP contribution >= 0.6 is 11.8 Å². The fourth-order valence-corrected chi connectivity index (χ4v) is 2.79. The number of rotatable bonds is 8. The van der Waals surface area contributed by atoms with Crippen molar-refractivity contribution < 1.29 is 14.3 Å². The number of carbonyl (C=O) groups is 2. The number of hydrogen-bond acceptors (Lipinski definition) is 6. The standard InChI is InChI=1S/C17H22N4O3S/c1-4-5-6-14-19-17(21-20-14)25-11(2)15(22)18-13-9-7-12(8-10-13)16(23)24-3/h7-11H,4-6H2,1-3H3,(H,18,22)(H,19,20,21)/t11-/m0/s1. The van der Waals surface area contributed by atoms with Crippen LogP contribution < -0.4 is 5.32 Å². The van der Waals surface area contributed by atoms with Gasteiger partial charge in [-0.15, -0.1) is 5.10 Å². The zero-order valence-corrected chi connectivity index (χ0v) is 15.4. The number of benzene rings is 1. The topological polar surface area (TPSA) is 97.0 Å². The van der Waals surface area contributed by atoms with Crippen LogP contribution in [-0.4, -0.2) is 39.4 Å². The number of amides is 1. The van der Waals surface area contributed by atoms with Crippen molar-refractivity contribution in [1.29, 1.82) is 0 Å². The molecule has 7 nitrogen and oxygen atoms in total. The van der Waals surface area contributed by atoms with Crippen molar-refractivity contribution >= 4 is 29.3 Å². The SMILES string of the molecule is CCCCc1nc(S[C@@H](C)C(=O)Nc2ccc(C(=O)OC)cc2)n[nH]1. The van der Waals surface area contributed by atoms with Gasteiger partial charge in [0.05, 0.1) is 17.9 Å². The number of esters is 1. The van der Waals surface area contributed by atoms with Crippen molar-refractivity contribution in [3.8, 4) is 0 Å². The van der Waals surface area contributed by atoms with Crippen molar-refractivity contribution in [1.82, 2.24) is 15.2 Å². The molecular formula is C17H22N4O3S. The Kier molecular flexibility index (Phi) is 7.00. The highest BCUT2D eigenvalue weighted by molar-refractivity contribution is 8.00. The summed E-state index contributed by atoms with van der Waals surface area (Å²) >= 11 is 1.30. The van der Waals surface area contributed by atoms with Gasteiger partial charge in [-0.05, 0) is 37.6 Å². The molecule has 0 aliphatic heterocycles. The molecule has 1 aromatic heterocycles. The lowest BCUT2D eigenvalue weighted by Crippen LogP contribution is -2.22. The van der Waals surface area contributed by atoms with Gasteiger partial charge in [-0.25, -0.2) is 9.78 Å². The van der Waals surface area contributed by atoms with Crippen LogP contribution in [0.2, 0.25) is 0 Å². The number of aromatic amines is 1. The lowest BCUT2D eigenvalue weighted by Gasteiger charge is -2.10. The molecule has 2 aromatic rings. The maximum absolute atomic E-state index is 12.3. The lowest BCUT2D eigenvalue weighted by molar-refractivity contribution is -0.115. The Bertz CT molecular complexity index is 715. The summed E-state index contributed by atoms with van der Waals surface area (Å²) in [6.45, 7) is 3.92. The van der Waals surface area contributed by atoms with Crippen molar-refractivity contribution in [2.45, 2.75) is 43.5 Å². The van der Waals surface area contributed by atoms with E-state index < -0.39 is 5.97 Å². The Morgan fingerprint density at radius 2 is 2.04 bits per heavy atom. The summed E-state index contributed by atoms with van der Waals surface area (Å²) in [6, 6.07) is 6.54. The van der Waals surface area contributed by atoms with Gasteiger partial charge in [0.2, 0.25) is 11.1 Å². The molecule has 0 spiro atoms. The number of carbonyl (C=O) groups excluding carboxylic acids is 2. The third kappa shape index (κ3) is 5.60. The number of hydrogen-bond donors (Lipinski definition) is 2. The maximum Gasteiger partial charge on any atom is 0.337 e. The quantitative estimate of drug-likeness (QED) is 0.553. The summed E-state index contributed by atoms with van der Waals surface area (Å²) in [5.41, 5.74) is 1.05. The van der Waals surface area contributed by atoms with E-state index in [1.165, 1.54) is 18.9 Å². The average Bonchev–Trinajstić information content (AvgIpc) is 3.07. The van der Waals surface area contributed by atoms with Crippen LogP contribution in [0.5, 0.6) is 0 Å². The molecule has 2 N–H and O–H groups in total. The second-order valence-electron chi connectivity index (χ2n) is 5.49. The molecular weight excluding hydrogens is 340 g/mol. The number of H-pyrrole nitrogens is 1. The van der Waals surface area contributed by atoms with E-state index in [4.69, 9.17) is 0 Å². The van der Waals surface area contributed by atoms with E-state index in [2.05, 4.69) is 32.2 Å². The van der Waals surface area contributed by atoms with E-state index in [0.717, 1.165) is 25.1 Å². The molecule has 134 valence electrons. The Morgan fingerprint density at radius 3 is 2.68 bits per heavy atom. The summed E-state index contributed by atoms with van der Waals surface area (Å²) in [7, 11) is 1.33. The molecule has 1 aromatic carbocycles. The van der Waals surface area contributed by atoms with E-state index in [9.17, 15) is 9.59 Å². The van der Waals surface area contributed by atoms with Crippen molar-refractivity contribution in [3.63, 3.8) is 0 Å². The lowest BCUT2D eigenvalue weighted by atomic mass is 10.2. The van der Waals surface area contributed by atoms with Crippen molar-refractivity contribution in [2.24, 2.45) is 0 Å². The van der Waals surface area contributed by atoms with Crippen LogP contribution in [0.25, 0.3) is 0 Å². The third-order valence-electron chi connectivity index (χ3n) is 3.50. The Labute approximate surface area is 150 Å². The molecule has 0 aliphatic rings. The Morgan fingerprint density at radius 1 is 1.32 bits per heavy atom. The molecule has 0 bridgehead atoms. The number of aryl methyl sites for hydroxylation is 1. The smallest absolute Gasteiger partial charge is 0.337 e. The minimum absolute atomic E-state index is 0.157. The van der Waals surface area contributed by atoms with Crippen LogP contribution in [0.4, 0.5) is 5.69 Å². The molecule has 1 heterocycles. The summed E-state index contributed by atoms with van der Waals surface area (Å²) < 4.78 is 4.64. The molecule has 0 radical (unpaired) electrons. The molecule has 8 heteroatoms. The van der Waals surface area contributed by atoms with Gasteiger partial charge in [0.1, 0.15) is 5.82 Å². The molecule has 0 fully saturated rings. The van der Waals surface area contributed by atoms with Crippen molar-refractivity contribution in [2.75, 3.05) is 12.4 Å². The number of nitrogens with zero attached hydrogens (tertiary/aromatic N) is 2. The average molecular weight is 362 g/mol. The van der Waals surface area contributed by atoms with Crippen LogP contribution in [0, 0.1) is 0 Å². The molecule has 0 saturated carbocycles. The molecule has 2 rings (SSSR count). The Balaban J connectivity index is 1.89.